The molecule has 0 saturated heterocycles. The van der Waals surface area contributed by atoms with Crippen molar-refractivity contribution in [2.75, 3.05) is 0 Å². The van der Waals surface area contributed by atoms with Gasteiger partial charge in [-0.15, -0.1) is 0 Å². The Hall–Kier alpha value is -1.67. The van der Waals surface area contributed by atoms with Gasteiger partial charge in [0.05, 0.1) is 0 Å². The first-order valence-electron chi connectivity index (χ1n) is 7.86. The van der Waals surface area contributed by atoms with E-state index >= 15 is 0 Å². The third kappa shape index (κ3) is 2.60. The highest BCUT2D eigenvalue weighted by atomic mass is 19.1. The summed E-state index contributed by atoms with van der Waals surface area (Å²) in [4.78, 5) is 0. The van der Waals surface area contributed by atoms with E-state index in [1.165, 1.54) is 12.0 Å². The largest absolute Gasteiger partial charge is 0.311 e. The lowest BCUT2D eigenvalue weighted by molar-refractivity contribution is 0.282. The molecule has 2 aromatic carbocycles. The zero-order chi connectivity index (χ0) is 14.2. The Kier molecular flexibility index (Phi) is 3.27. The van der Waals surface area contributed by atoms with Gasteiger partial charge in [-0.05, 0) is 42.4 Å². The topological polar surface area (TPSA) is 12.0 Å². The first kappa shape index (κ1) is 13.0. The third-order valence-electron chi connectivity index (χ3n) is 4.95. The summed E-state index contributed by atoms with van der Waals surface area (Å²) in [5.74, 6) is 1.03. The molecule has 0 spiro atoms. The molecule has 0 radical (unpaired) electrons. The maximum absolute atomic E-state index is 13.7. The third-order valence-corrected chi connectivity index (χ3v) is 4.95. The van der Waals surface area contributed by atoms with Gasteiger partial charge >= 0.3 is 0 Å². The molecule has 2 aliphatic rings. The van der Waals surface area contributed by atoms with Gasteiger partial charge in [0.15, 0.2) is 0 Å². The van der Waals surface area contributed by atoms with Crippen LogP contribution < -0.4 is 5.32 Å². The second-order valence-corrected chi connectivity index (χ2v) is 6.41. The van der Waals surface area contributed by atoms with Crippen LogP contribution in [0.2, 0.25) is 0 Å². The summed E-state index contributed by atoms with van der Waals surface area (Å²) in [5.41, 5.74) is 2.34. The summed E-state index contributed by atoms with van der Waals surface area (Å²) in [6.07, 6.45) is 3.38. The van der Waals surface area contributed by atoms with Crippen molar-refractivity contribution in [2.24, 2.45) is 0 Å². The molecule has 2 fully saturated rings. The van der Waals surface area contributed by atoms with Crippen molar-refractivity contribution in [3.8, 4) is 0 Å². The van der Waals surface area contributed by atoms with Gasteiger partial charge in [0, 0.05) is 18.0 Å². The molecule has 2 aromatic rings. The molecule has 21 heavy (non-hydrogen) atoms. The normalized spacial score (nSPS) is 30.7. The van der Waals surface area contributed by atoms with Crippen LogP contribution >= 0.6 is 0 Å². The zero-order valence-electron chi connectivity index (χ0n) is 12.0. The number of hydrogen-bond acceptors (Lipinski definition) is 1. The lowest BCUT2D eigenvalue weighted by Gasteiger charge is -2.36. The van der Waals surface area contributed by atoms with Crippen LogP contribution in [0.3, 0.4) is 0 Å². The van der Waals surface area contributed by atoms with Crippen molar-refractivity contribution >= 4 is 0 Å². The highest BCUT2D eigenvalue weighted by Crippen LogP contribution is 2.44. The molecular weight excluding hydrogens is 261 g/mol. The number of benzene rings is 2. The smallest absolute Gasteiger partial charge is 0.126 e. The van der Waals surface area contributed by atoms with E-state index in [1.807, 2.05) is 12.1 Å². The predicted octanol–water partition coefficient (Wildman–Crippen LogP) is 4.22. The zero-order valence-corrected chi connectivity index (χ0v) is 12.0. The standard InChI is InChI=1S/C19H20FN/c20-18-9-5-4-8-16(18)14-10-15(11-14)21-19-12-17(19)13-6-2-1-3-7-13/h1-9,14-15,17,19,21H,10-12H2. The summed E-state index contributed by atoms with van der Waals surface area (Å²) in [6.45, 7) is 0. The van der Waals surface area contributed by atoms with Gasteiger partial charge in [-0.1, -0.05) is 48.5 Å². The SMILES string of the molecule is Fc1ccccc1C1CC(NC2CC2c2ccccc2)C1. The van der Waals surface area contributed by atoms with Crippen LogP contribution in [0.1, 0.15) is 42.2 Å². The minimum Gasteiger partial charge on any atom is -0.311 e. The molecule has 2 saturated carbocycles. The molecule has 0 heterocycles. The summed E-state index contributed by atoms with van der Waals surface area (Å²) >= 11 is 0. The predicted molar refractivity (Wildman–Crippen MR) is 82.9 cm³/mol. The van der Waals surface area contributed by atoms with Gasteiger partial charge in [-0.2, -0.15) is 0 Å². The molecule has 1 N–H and O–H groups in total. The molecule has 2 aliphatic carbocycles. The molecule has 0 aromatic heterocycles. The monoisotopic (exact) mass is 281 g/mol. The van der Waals surface area contributed by atoms with Crippen LogP contribution in [0.25, 0.3) is 0 Å². The van der Waals surface area contributed by atoms with E-state index in [1.54, 1.807) is 12.1 Å². The Morgan fingerprint density at radius 1 is 0.857 bits per heavy atom. The Labute approximate surface area is 125 Å². The van der Waals surface area contributed by atoms with Gasteiger partial charge in [-0.25, -0.2) is 4.39 Å². The van der Waals surface area contributed by atoms with E-state index in [9.17, 15) is 4.39 Å². The number of rotatable bonds is 4. The minimum atomic E-state index is -0.0467. The van der Waals surface area contributed by atoms with Gasteiger partial charge < -0.3 is 5.32 Å². The molecule has 0 aliphatic heterocycles. The van der Waals surface area contributed by atoms with Crippen LogP contribution in [-0.2, 0) is 0 Å². The lowest BCUT2D eigenvalue weighted by atomic mass is 9.75. The van der Waals surface area contributed by atoms with E-state index in [0.717, 1.165) is 18.4 Å². The van der Waals surface area contributed by atoms with Gasteiger partial charge in [0.2, 0.25) is 0 Å². The van der Waals surface area contributed by atoms with Crippen molar-refractivity contribution in [3.05, 3.63) is 71.5 Å². The highest BCUT2D eigenvalue weighted by Gasteiger charge is 2.42. The second kappa shape index (κ2) is 5.27. The summed E-state index contributed by atoms with van der Waals surface area (Å²) in [7, 11) is 0. The molecule has 2 unspecified atom stereocenters. The summed E-state index contributed by atoms with van der Waals surface area (Å²) in [5, 5.41) is 3.74. The second-order valence-electron chi connectivity index (χ2n) is 6.41. The quantitative estimate of drug-likeness (QED) is 0.885. The molecular formula is C19H20FN. The molecule has 2 atom stereocenters. The average molecular weight is 281 g/mol. The molecule has 108 valence electrons. The van der Waals surface area contributed by atoms with Gasteiger partial charge in [0.1, 0.15) is 5.82 Å². The van der Waals surface area contributed by atoms with Crippen LogP contribution in [0.15, 0.2) is 54.6 Å². The maximum Gasteiger partial charge on any atom is 0.126 e. The van der Waals surface area contributed by atoms with E-state index in [4.69, 9.17) is 0 Å². The fourth-order valence-electron chi connectivity index (χ4n) is 3.56. The van der Waals surface area contributed by atoms with Crippen LogP contribution in [0.4, 0.5) is 4.39 Å². The van der Waals surface area contributed by atoms with Gasteiger partial charge in [0.25, 0.3) is 0 Å². The van der Waals surface area contributed by atoms with Crippen LogP contribution in [0, 0.1) is 5.82 Å². The number of nitrogens with one attached hydrogen (secondary N) is 1. The van der Waals surface area contributed by atoms with E-state index in [2.05, 4.69) is 35.6 Å². The molecule has 0 amide bonds. The van der Waals surface area contributed by atoms with Crippen molar-refractivity contribution in [3.63, 3.8) is 0 Å². The molecule has 0 bridgehead atoms. The van der Waals surface area contributed by atoms with E-state index in [0.29, 0.717) is 23.9 Å². The van der Waals surface area contributed by atoms with Gasteiger partial charge in [-0.3, -0.25) is 0 Å². The van der Waals surface area contributed by atoms with E-state index in [-0.39, 0.29) is 5.82 Å². The average Bonchev–Trinajstić information content (AvgIpc) is 3.24. The highest BCUT2D eigenvalue weighted by molar-refractivity contribution is 5.29. The number of hydrogen-bond donors (Lipinski definition) is 1. The van der Waals surface area contributed by atoms with Crippen molar-refractivity contribution in [1.29, 1.82) is 0 Å². The maximum atomic E-state index is 13.7. The number of halogens is 1. The minimum absolute atomic E-state index is 0.0467. The fourth-order valence-corrected chi connectivity index (χ4v) is 3.56. The Morgan fingerprint density at radius 2 is 1.57 bits per heavy atom. The van der Waals surface area contributed by atoms with Crippen LogP contribution in [-0.4, -0.2) is 12.1 Å². The molecule has 1 nitrogen and oxygen atoms in total. The molecule has 4 rings (SSSR count). The Balaban J connectivity index is 1.29. The first-order valence-corrected chi connectivity index (χ1v) is 7.86. The summed E-state index contributed by atoms with van der Waals surface area (Å²) in [6, 6.07) is 19.1. The van der Waals surface area contributed by atoms with Crippen molar-refractivity contribution < 1.29 is 4.39 Å². The Morgan fingerprint density at radius 3 is 2.33 bits per heavy atom. The lowest BCUT2D eigenvalue weighted by Crippen LogP contribution is -2.41. The Bertz CT molecular complexity index is 618. The molecule has 2 heteroatoms. The van der Waals surface area contributed by atoms with E-state index < -0.39 is 0 Å². The van der Waals surface area contributed by atoms with Crippen molar-refractivity contribution in [1.82, 2.24) is 5.32 Å². The fraction of sp³-hybridized carbons (Fsp3) is 0.368. The van der Waals surface area contributed by atoms with Crippen molar-refractivity contribution in [2.45, 2.75) is 43.2 Å². The summed E-state index contributed by atoms with van der Waals surface area (Å²) < 4.78 is 13.7. The first-order chi connectivity index (χ1) is 10.3. The van der Waals surface area contributed by atoms with Crippen LogP contribution in [0.5, 0.6) is 0 Å².